The highest BCUT2D eigenvalue weighted by atomic mass is 16.5. The molecule has 1 aliphatic rings. The molecule has 3 N–H and O–H groups in total. The third-order valence-electron chi connectivity index (χ3n) is 2.56. The van der Waals surface area contributed by atoms with E-state index in [2.05, 4.69) is 15.6 Å². The van der Waals surface area contributed by atoms with Crippen molar-refractivity contribution >= 4 is 5.91 Å². The fraction of sp³-hybridized carbons (Fsp3) is 0.455. The van der Waals surface area contributed by atoms with Gasteiger partial charge in [0, 0.05) is 25.8 Å². The highest BCUT2D eigenvalue weighted by Gasteiger charge is 2.15. The minimum atomic E-state index is -0.382. The van der Waals surface area contributed by atoms with E-state index in [9.17, 15) is 9.59 Å². The number of aromatic amines is 1. The number of pyridine rings is 1. The number of morpholine rings is 1. The monoisotopic (exact) mass is 237 g/mol. The van der Waals surface area contributed by atoms with Gasteiger partial charge in [-0.3, -0.25) is 9.59 Å². The standard InChI is InChI=1S/C11H15N3O3/c15-10-9(2-1-3-13-10)11(16)14-7-8-6-12-4-5-17-8/h1-3,8,12H,4-7H2,(H,13,15)(H,14,16). The van der Waals surface area contributed by atoms with E-state index in [1.807, 2.05) is 0 Å². The molecule has 0 aliphatic carbocycles. The second kappa shape index (κ2) is 5.60. The van der Waals surface area contributed by atoms with E-state index < -0.39 is 0 Å². The third-order valence-corrected chi connectivity index (χ3v) is 2.56. The molecule has 1 fully saturated rings. The number of aromatic nitrogens is 1. The molecule has 17 heavy (non-hydrogen) atoms. The van der Waals surface area contributed by atoms with Crippen molar-refractivity contribution in [2.75, 3.05) is 26.2 Å². The van der Waals surface area contributed by atoms with E-state index in [-0.39, 0.29) is 23.1 Å². The van der Waals surface area contributed by atoms with E-state index in [0.717, 1.165) is 6.54 Å². The molecule has 92 valence electrons. The van der Waals surface area contributed by atoms with Crippen molar-refractivity contribution in [3.63, 3.8) is 0 Å². The van der Waals surface area contributed by atoms with Gasteiger partial charge in [-0.2, -0.15) is 0 Å². The number of carbonyl (C=O) groups is 1. The molecule has 0 saturated carbocycles. The maximum atomic E-state index is 11.7. The van der Waals surface area contributed by atoms with Gasteiger partial charge < -0.3 is 20.4 Å². The molecule has 1 atom stereocenters. The Hall–Kier alpha value is -1.66. The first-order valence-electron chi connectivity index (χ1n) is 5.55. The van der Waals surface area contributed by atoms with Crippen molar-refractivity contribution in [1.29, 1.82) is 0 Å². The highest BCUT2D eigenvalue weighted by Crippen LogP contribution is 1.95. The second-order valence-electron chi connectivity index (χ2n) is 3.82. The molecule has 1 unspecified atom stereocenters. The van der Waals surface area contributed by atoms with Gasteiger partial charge in [0.05, 0.1) is 12.7 Å². The zero-order valence-electron chi connectivity index (χ0n) is 9.36. The summed E-state index contributed by atoms with van der Waals surface area (Å²) in [5.74, 6) is -0.374. The van der Waals surface area contributed by atoms with Crippen molar-refractivity contribution in [3.8, 4) is 0 Å². The zero-order valence-corrected chi connectivity index (χ0v) is 9.36. The lowest BCUT2D eigenvalue weighted by molar-refractivity contribution is 0.0287. The summed E-state index contributed by atoms with van der Waals surface area (Å²) in [7, 11) is 0. The minimum absolute atomic E-state index is 0.0320. The van der Waals surface area contributed by atoms with E-state index in [0.29, 0.717) is 19.7 Å². The maximum absolute atomic E-state index is 11.7. The number of H-pyrrole nitrogens is 1. The van der Waals surface area contributed by atoms with Crippen molar-refractivity contribution in [3.05, 3.63) is 34.2 Å². The molecule has 6 heteroatoms. The molecule has 0 radical (unpaired) electrons. The van der Waals surface area contributed by atoms with Crippen LogP contribution in [0.5, 0.6) is 0 Å². The van der Waals surface area contributed by atoms with Crippen LogP contribution in [0.25, 0.3) is 0 Å². The van der Waals surface area contributed by atoms with E-state index in [1.165, 1.54) is 12.3 Å². The average molecular weight is 237 g/mol. The largest absolute Gasteiger partial charge is 0.374 e. The first-order chi connectivity index (χ1) is 8.27. The molecule has 6 nitrogen and oxygen atoms in total. The van der Waals surface area contributed by atoms with Crippen LogP contribution in [0.15, 0.2) is 23.1 Å². The lowest BCUT2D eigenvalue weighted by Crippen LogP contribution is -2.45. The Bertz CT molecular complexity index is 438. The van der Waals surface area contributed by atoms with Gasteiger partial charge >= 0.3 is 0 Å². The van der Waals surface area contributed by atoms with Crippen LogP contribution >= 0.6 is 0 Å². The molecule has 1 aliphatic heterocycles. The smallest absolute Gasteiger partial charge is 0.260 e. The summed E-state index contributed by atoms with van der Waals surface area (Å²) < 4.78 is 5.43. The molecule has 1 amide bonds. The number of hydrogen-bond donors (Lipinski definition) is 3. The molecule has 1 saturated heterocycles. The van der Waals surface area contributed by atoms with Crippen LogP contribution in [-0.4, -0.2) is 43.2 Å². The second-order valence-corrected chi connectivity index (χ2v) is 3.82. The van der Waals surface area contributed by atoms with Gasteiger partial charge in [-0.1, -0.05) is 0 Å². The molecule has 2 rings (SSSR count). The number of ether oxygens (including phenoxy) is 1. The lowest BCUT2D eigenvalue weighted by atomic mass is 10.2. The number of hydrogen-bond acceptors (Lipinski definition) is 4. The summed E-state index contributed by atoms with van der Waals surface area (Å²) >= 11 is 0. The Balaban J connectivity index is 1.89. The summed E-state index contributed by atoms with van der Waals surface area (Å²) in [5, 5.41) is 5.85. The van der Waals surface area contributed by atoms with Crippen LogP contribution in [0.2, 0.25) is 0 Å². The molecular weight excluding hydrogens is 222 g/mol. The number of rotatable bonds is 3. The van der Waals surface area contributed by atoms with Crippen molar-refractivity contribution < 1.29 is 9.53 Å². The summed E-state index contributed by atoms with van der Waals surface area (Å²) in [5.41, 5.74) is -0.260. The Morgan fingerprint density at radius 3 is 3.18 bits per heavy atom. The van der Waals surface area contributed by atoms with Crippen molar-refractivity contribution in [1.82, 2.24) is 15.6 Å². The summed E-state index contributed by atoms with van der Waals surface area (Å²) in [6, 6.07) is 3.11. The van der Waals surface area contributed by atoms with Crippen LogP contribution in [0.1, 0.15) is 10.4 Å². The predicted molar refractivity (Wildman–Crippen MR) is 62.0 cm³/mol. The Morgan fingerprint density at radius 2 is 2.47 bits per heavy atom. The van der Waals surface area contributed by atoms with Crippen molar-refractivity contribution in [2.24, 2.45) is 0 Å². The van der Waals surface area contributed by atoms with Gasteiger partial charge in [-0.05, 0) is 12.1 Å². The van der Waals surface area contributed by atoms with E-state index in [1.54, 1.807) is 6.07 Å². The predicted octanol–water partition coefficient (Wildman–Crippen LogP) is -0.907. The van der Waals surface area contributed by atoms with Gasteiger partial charge in [0.1, 0.15) is 5.56 Å². The van der Waals surface area contributed by atoms with E-state index >= 15 is 0 Å². The topological polar surface area (TPSA) is 83.2 Å². The fourth-order valence-corrected chi connectivity index (χ4v) is 1.65. The summed E-state index contributed by atoms with van der Waals surface area (Å²) in [6.07, 6.45) is 1.46. The Kier molecular flexibility index (Phi) is 3.89. The zero-order chi connectivity index (χ0) is 12.1. The average Bonchev–Trinajstić information content (AvgIpc) is 2.38. The highest BCUT2D eigenvalue weighted by molar-refractivity contribution is 5.93. The quantitative estimate of drug-likeness (QED) is 0.636. The molecule has 0 bridgehead atoms. The first-order valence-corrected chi connectivity index (χ1v) is 5.55. The van der Waals surface area contributed by atoms with Gasteiger partial charge in [0.2, 0.25) is 0 Å². The van der Waals surface area contributed by atoms with Crippen LogP contribution in [0, 0.1) is 0 Å². The Morgan fingerprint density at radius 1 is 1.59 bits per heavy atom. The lowest BCUT2D eigenvalue weighted by Gasteiger charge is -2.23. The van der Waals surface area contributed by atoms with E-state index in [4.69, 9.17) is 4.74 Å². The van der Waals surface area contributed by atoms with Gasteiger partial charge in [-0.25, -0.2) is 0 Å². The van der Waals surface area contributed by atoms with Gasteiger partial charge in [-0.15, -0.1) is 0 Å². The summed E-state index contributed by atoms with van der Waals surface area (Å²) in [4.78, 5) is 25.5. The number of nitrogens with one attached hydrogen (secondary N) is 3. The molecule has 1 aromatic heterocycles. The molecular formula is C11H15N3O3. The minimum Gasteiger partial charge on any atom is -0.374 e. The molecule has 0 spiro atoms. The maximum Gasteiger partial charge on any atom is 0.260 e. The van der Waals surface area contributed by atoms with Crippen LogP contribution in [0.4, 0.5) is 0 Å². The van der Waals surface area contributed by atoms with Gasteiger partial charge in [0.15, 0.2) is 0 Å². The third kappa shape index (κ3) is 3.15. The van der Waals surface area contributed by atoms with Gasteiger partial charge in [0.25, 0.3) is 11.5 Å². The van der Waals surface area contributed by atoms with Crippen LogP contribution < -0.4 is 16.2 Å². The van der Waals surface area contributed by atoms with Crippen molar-refractivity contribution in [2.45, 2.75) is 6.10 Å². The molecule has 2 heterocycles. The fourth-order valence-electron chi connectivity index (χ4n) is 1.65. The molecule has 1 aromatic rings. The van der Waals surface area contributed by atoms with Crippen LogP contribution in [-0.2, 0) is 4.74 Å². The van der Waals surface area contributed by atoms with Crippen LogP contribution in [0.3, 0.4) is 0 Å². The SMILES string of the molecule is O=C(NCC1CNCCO1)c1ccc[nH]c1=O. The number of amides is 1. The number of carbonyl (C=O) groups excluding carboxylic acids is 1. The first kappa shape index (κ1) is 11.8. The molecule has 0 aromatic carbocycles. The summed E-state index contributed by atoms with van der Waals surface area (Å²) in [6.45, 7) is 2.60. The Labute approximate surface area is 98.4 Å². The normalized spacial score (nSPS) is 19.9.